The first-order valence-corrected chi connectivity index (χ1v) is 2.90. The fourth-order valence-corrected chi connectivity index (χ4v) is 0.204. The minimum absolute atomic E-state index is 0.296. The summed E-state index contributed by atoms with van der Waals surface area (Å²) in [5, 5.41) is 0.296. The molecule has 0 aliphatic heterocycles. The van der Waals surface area contributed by atoms with E-state index in [4.69, 9.17) is 0 Å². The Bertz CT molecular complexity index is 26.7. The summed E-state index contributed by atoms with van der Waals surface area (Å²) in [6, 6.07) is 0. The van der Waals surface area contributed by atoms with Crippen molar-refractivity contribution in [1.82, 2.24) is 0 Å². The molecule has 0 saturated carbocycles. The lowest BCUT2D eigenvalue weighted by Crippen LogP contribution is -1.87. The Labute approximate surface area is 43.0 Å². The Morgan fingerprint density at radius 3 is 2.33 bits per heavy atom. The standard InChI is InChI=1S/C4H9OS/c1-3-4(2)6-5/h4H,3H2,1-2H3. The molecule has 0 N–H and O–H groups in total. The molecular weight excluding hydrogens is 96.1 g/mol. The van der Waals surface area contributed by atoms with Crippen LogP contribution in [-0.4, -0.2) is 5.25 Å². The molecule has 0 aromatic heterocycles. The molecule has 0 aromatic carbocycles. The number of hydrogen-bond acceptors (Lipinski definition) is 1. The van der Waals surface area contributed by atoms with Crippen LogP contribution in [0.5, 0.6) is 0 Å². The predicted octanol–water partition coefficient (Wildman–Crippen LogP) is 1.86. The molecule has 0 saturated heterocycles. The third-order valence-electron chi connectivity index (χ3n) is 0.739. The van der Waals surface area contributed by atoms with E-state index in [2.05, 4.69) is 0 Å². The highest BCUT2D eigenvalue weighted by Gasteiger charge is 1.93. The molecule has 0 aromatic rings. The van der Waals surface area contributed by atoms with Gasteiger partial charge in [-0.2, -0.15) is 4.55 Å². The van der Waals surface area contributed by atoms with Gasteiger partial charge >= 0.3 is 0 Å². The SMILES string of the molecule is CCC(C)S[O]. The zero-order valence-corrected chi connectivity index (χ0v) is 4.92. The summed E-state index contributed by atoms with van der Waals surface area (Å²) in [7, 11) is 0. The number of rotatable bonds is 2. The van der Waals surface area contributed by atoms with Gasteiger partial charge in [-0.25, -0.2) is 0 Å². The van der Waals surface area contributed by atoms with Crippen LogP contribution in [0.4, 0.5) is 0 Å². The molecule has 1 radical (unpaired) electrons. The maximum Gasteiger partial charge on any atom is 0.0358 e. The Hall–Kier alpha value is 0.310. The largest absolute Gasteiger partial charge is 0.151 e. The van der Waals surface area contributed by atoms with Crippen LogP contribution in [0.25, 0.3) is 0 Å². The van der Waals surface area contributed by atoms with Gasteiger partial charge in [-0.3, -0.25) is 0 Å². The van der Waals surface area contributed by atoms with E-state index in [9.17, 15) is 4.55 Å². The topological polar surface area (TPSA) is 19.9 Å². The monoisotopic (exact) mass is 105 g/mol. The summed E-state index contributed by atoms with van der Waals surface area (Å²) in [6.07, 6.45) is 0.980. The quantitative estimate of drug-likeness (QED) is 0.491. The van der Waals surface area contributed by atoms with E-state index < -0.39 is 0 Å². The molecule has 1 atom stereocenters. The first kappa shape index (κ1) is 6.31. The molecule has 0 aliphatic rings. The van der Waals surface area contributed by atoms with E-state index in [1.54, 1.807) is 0 Å². The first-order valence-electron chi connectivity index (χ1n) is 2.10. The van der Waals surface area contributed by atoms with Crippen LogP contribution in [0.15, 0.2) is 0 Å². The van der Waals surface area contributed by atoms with Gasteiger partial charge < -0.3 is 0 Å². The van der Waals surface area contributed by atoms with Gasteiger partial charge in [0.15, 0.2) is 0 Å². The van der Waals surface area contributed by atoms with E-state index in [-0.39, 0.29) is 0 Å². The van der Waals surface area contributed by atoms with Crippen molar-refractivity contribution >= 4 is 12.0 Å². The van der Waals surface area contributed by atoms with Crippen LogP contribution >= 0.6 is 12.0 Å². The van der Waals surface area contributed by atoms with Crippen molar-refractivity contribution in [3.8, 4) is 0 Å². The Morgan fingerprint density at radius 2 is 2.33 bits per heavy atom. The highest BCUT2D eigenvalue weighted by molar-refractivity contribution is 7.94. The van der Waals surface area contributed by atoms with Gasteiger partial charge in [0, 0.05) is 17.3 Å². The predicted molar refractivity (Wildman–Crippen MR) is 28.0 cm³/mol. The van der Waals surface area contributed by atoms with Gasteiger partial charge in [0.25, 0.3) is 0 Å². The molecule has 0 heterocycles. The maximum absolute atomic E-state index is 9.78. The van der Waals surface area contributed by atoms with Crippen LogP contribution in [-0.2, 0) is 4.55 Å². The smallest absolute Gasteiger partial charge is 0.0358 e. The second-order valence-electron chi connectivity index (χ2n) is 1.32. The van der Waals surface area contributed by atoms with Crippen LogP contribution < -0.4 is 0 Å². The van der Waals surface area contributed by atoms with E-state index >= 15 is 0 Å². The molecule has 0 bridgehead atoms. The minimum Gasteiger partial charge on any atom is -0.151 e. The van der Waals surface area contributed by atoms with Crippen molar-refractivity contribution in [1.29, 1.82) is 0 Å². The number of hydrogen-bond donors (Lipinski definition) is 0. The molecule has 1 unspecified atom stereocenters. The molecule has 37 valence electrons. The van der Waals surface area contributed by atoms with Crippen molar-refractivity contribution < 1.29 is 4.55 Å². The minimum atomic E-state index is 0.296. The van der Waals surface area contributed by atoms with Gasteiger partial charge in [-0.1, -0.05) is 13.8 Å². The summed E-state index contributed by atoms with van der Waals surface area (Å²) in [5.74, 6) is 0. The van der Waals surface area contributed by atoms with Gasteiger partial charge in [-0.05, 0) is 6.42 Å². The van der Waals surface area contributed by atoms with Crippen LogP contribution in [0.1, 0.15) is 20.3 Å². The van der Waals surface area contributed by atoms with E-state index in [0.29, 0.717) is 17.3 Å². The van der Waals surface area contributed by atoms with Crippen molar-refractivity contribution in [3.05, 3.63) is 0 Å². The van der Waals surface area contributed by atoms with E-state index in [1.165, 1.54) is 0 Å². The molecule has 0 aliphatic carbocycles. The lowest BCUT2D eigenvalue weighted by Gasteiger charge is -1.94. The third-order valence-corrected chi connectivity index (χ3v) is 1.40. The van der Waals surface area contributed by atoms with E-state index in [0.717, 1.165) is 6.42 Å². The van der Waals surface area contributed by atoms with Gasteiger partial charge in [0.1, 0.15) is 0 Å². The summed E-state index contributed by atoms with van der Waals surface area (Å²) >= 11 is 0.675. The second kappa shape index (κ2) is 3.50. The van der Waals surface area contributed by atoms with Crippen molar-refractivity contribution in [2.24, 2.45) is 0 Å². The Kier molecular flexibility index (Phi) is 3.68. The molecule has 6 heavy (non-hydrogen) atoms. The van der Waals surface area contributed by atoms with E-state index in [1.807, 2.05) is 13.8 Å². The highest BCUT2D eigenvalue weighted by atomic mass is 32.2. The molecule has 2 heteroatoms. The molecule has 0 rings (SSSR count). The fraction of sp³-hybridized carbons (Fsp3) is 1.00. The fourth-order valence-electron chi connectivity index (χ4n) is 0.0680. The van der Waals surface area contributed by atoms with Gasteiger partial charge in [0.05, 0.1) is 0 Å². The Balaban J connectivity index is 2.75. The van der Waals surface area contributed by atoms with Gasteiger partial charge in [0.2, 0.25) is 0 Å². The van der Waals surface area contributed by atoms with Crippen LogP contribution in [0, 0.1) is 0 Å². The normalized spacial score (nSPS) is 14.5. The average Bonchev–Trinajstić information content (AvgIpc) is 1.65. The second-order valence-corrected chi connectivity index (χ2v) is 2.31. The highest BCUT2D eigenvalue weighted by Crippen LogP contribution is 2.07. The third kappa shape index (κ3) is 2.54. The summed E-state index contributed by atoms with van der Waals surface area (Å²) in [6.45, 7) is 3.94. The van der Waals surface area contributed by atoms with Crippen LogP contribution in [0.3, 0.4) is 0 Å². The first-order chi connectivity index (χ1) is 2.81. The molecule has 0 spiro atoms. The Morgan fingerprint density at radius 1 is 1.83 bits per heavy atom. The maximum atomic E-state index is 9.78. The van der Waals surface area contributed by atoms with Crippen molar-refractivity contribution in [2.45, 2.75) is 25.5 Å². The van der Waals surface area contributed by atoms with Crippen LogP contribution in [0.2, 0.25) is 0 Å². The summed E-state index contributed by atoms with van der Waals surface area (Å²) < 4.78 is 9.78. The van der Waals surface area contributed by atoms with Crippen molar-refractivity contribution in [3.63, 3.8) is 0 Å². The molecular formula is C4H9OS. The lowest BCUT2D eigenvalue weighted by molar-refractivity contribution is 0.523. The molecule has 0 amide bonds. The summed E-state index contributed by atoms with van der Waals surface area (Å²) in [4.78, 5) is 0. The summed E-state index contributed by atoms with van der Waals surface area (Å²) in [5.41, 5.74) is 0. The van der Waals surface area contributed by atoms with Crippen molar-refractivity contribution in [2.75, 3.05) is 0 Å². The lowest BCUT2D eigenvalue weighted by atomic mass is 10.4. The zero-order chi connectivity index (χ0) is 4.99. The zero-order valence-electron chi connectivity index (χ0n) is 4.10. The van der Waals surface area contributed by atoms with Gasteiger partial charge in [-0.15, -0.1) is 0 Å². The average molecular weight is 105 g/mol. The molecule has 1 nitrogen and oxygen atoms in total. The molecule has 0 fully saturated rings.